The number of fused-ring (bicyclic) bond motifs is 3. The molecule has 4 nitrogen and oxygen atoms in total. The highest BCUT2D eigenvalue weighted by Gasteiger charge is 2.08. The van der Waals surface area contributed by atoms with Crippen molar-refractivity contribution in [3.63, 3.8) is 0 Å². The molecule has 2 aromatic heterocycles. The fourth-order valence-electron chi connectivity index (χ4n) is 1.78. The van der Waals surface area contributed by atoms with Crippen LogP contribution in [0.15, 0.2) is 35.6 Å². The molecular weight excluding hydrogens is 222 g/mol. The average molecular weight is 230 g/mol. The highest BCUT2D eigenvalue weighted by atomic mass is 32.2. The Hall–Kier alpha value is -1.75. The maximum Gasteiger partial charge on any atom is 0.164 e. The van der Waals surface area contributed by atoms with Crippen molar-refractivity contribution < 1.29 is 0 Å². The van der Waals surface area contributed by atoms with E-state index in [2.05, 4.69) is 9.97 Å². The number of thioether (sulfide) groups is 1. The first-order valence-electron chi connectivity index (χ1n) is 4.79. The van der Waals surface area contributed by atoms with Crippen LogP contribution in [0, 0.1) is 5.21 Å². The summed E-state index contributed by atoms with van der Waals surface area (Å²) in [4.78, 5) is 8.51. The number of para-hydroxylation sites is 1. The van der Waals surface area contributed by atoms with E-state index in [1.807, 2.05) is 30.5 Å². The predicted molar refractivity (Wildman–Crippen MR) is 65.6 cm³/mol. The lowest BCUT2D eigenvalue weighted by molar-refractivity contribution is 0.932. The molecule has 0 unspecified atom stereocenters. The molecule has 0 spiro atoms. The van der Waals surface area contributed by atoms with Gasteiger partial charge in [0.2, 0.25) is 0 Å². The molecule has 0 aliphatic carbocycles. The first-order valence-corrected chi connectivity index (χ1v) is 6.01. The fraction of sp³-hybridized carbons (Fsp3) is 0.0909. The van der Waals surface area contributed by atoms with Crippen molar-refractivity contribution in [2.24, 2.45) is 0 Å². The van der Waals surface area contributed by atoms with Crippen LogP contribution in [0.5, 0.6) is 0 Å². The van der Waals surface area contributed by atoms with Gasteiger partial charge in [-0.3, -0.25) is 4.98 Å². The number of rotatable bonds is 1. The first kappa shape index (κ1) is 9.47. The van der Waals surface area contributed by atoms with Gasteiger partial charge in [-0.25, -0.2) is 4.98 Å². The number of benzene rings is 1. The largest absolute Gasteiger partial charge is 0.804 e. The number of imidazole rings is 1. The third-order valence-corrected chi connectivity index (χ3v) is 3.13. The lowest BCUT2D eigenvalue weighted by atomic mass is 10.2. The summed E-state index contributed by atoms with van der Waals surface area (Å²) < 4.78 is 0.879. The summed E-state index contributed by atoms with van der Waals surface area (Å²) in [6, 6.07) is 7.59. The van der Waals surface area contributed by atoms with Crippen LogP contribution in [-0.4, -0.2) is 21.0 Å². The van der Waals surface area contributed by atoms with E-state index in [1.165, 1.54) is 11.8 Å². The fourth-order valence-corrected chi connectivity index (χ4v) is 2.23. The Morgan fingerprint density at radius 1 is 1.25 bits per heavy atom. The van der Waals surface area contributed by atoms with E-state index in [9.17, 15) is 5.21 Å². The second kappa shape index (κ2) is 3.38. The molecule has 3 rings (SSSR count). The number of hydrogen-bond acceptors (Lipinski definition) is 4. The van der Waals surface area contributed by atoms with Crippen molar-refractivity contribution in [2.75, 3.05) is 6.26 Å². The van der Waals surface area contributed by atoms with Gasteiger partial charge in [0.1, 0.15) is 5.52 Å². The van der Waals surface area contributed by atoms with Gasteiger partial charge >= 0.3 is 0 Å². The summed E-state index contributed by atoms with van der Waals surface area (Å²) in [5.41, 5.74) is 2.08. The molecule has 1 aromatic carbocycles. The van der Waals surface area contributed by atoms with Crippen molar-refractivity contribution in [2.45, 2.75) is 5.16 Å². The standard InChI is InChI=1S/C11H8N3OS/c1-16-11-13-9-6-12-8-5-3-2-4-7(8)10(9)14(11)15/h2-6H,1H3/q-1. The highest BCUT2D eigenvalue weighted by molar-refractivity contribution is 7.98. The lowest BCUT2D eigenvalue weighted by Gasteiger charge is -2.11. The molecule has 0 N–H and O–H groups in total. The monoisotopic (exact) mass is 230 g/mol. The van der Waals surface area contributed by atoms with Crippen LogP contribution < -0.4 is 0 Å². The van der Waals surface area contributed by atoms with Gasteiger partial charge in [-0.15, -0.1) is 0 Å². The molecule has 0 saturated heterocycles. The quantitative estimate of drug-likeness (QED) is 0.603. The van der Waals surface area contributed by atoms with Crippen molar-refractivity contribution in [3.8, 4) is 0 Å². The van der Waals surface area contributed by atoms with E-state index >= 15 is 0 Å². The predicted octanol–water partition coefficient (Wildman–Crippen LogP) is 2.65. The smallest absolute Gasteiger partial charge is 0.164 e. The van der Waals surface area contributed by atoms with Crippen molar-refractivity contribution in [1.29, 1.82) is 0 Å². The summed E-state index contributed by atoms with van der Waals surface area (Å²) in [6.45, 7) is 0. The SMILES string of the molecule is CSc1nc2cnc3ccccc3c2n1[O-]. The molecule has 0 aliphatic rings. The number of aromatic nitrogens is 3. The van der Waals surface area contributed by atoms with E-state index in [0.29, 0.717) is 16.2 Å². The lowest BCUT2D eigenvalue weighted by Crippen LogP contribution is -1.88. The Bertz CT molecular complexity index is 677. The van der Waals surface area contributed by atoms with Gasteiger partial charge in [-0.2, -0.15) is 0 Å². The van der Waals surface area contributed by atoms with E-state index in [1.54, 1.807) is 6.20 Å². The third kappa shape index (κ3) is 1.18. The van der Waals surface area contributed by atoms with Gasteiger partial charge in [0, 0.05) is 5.39 Å². The zero-order valence-electron chi connectivity index (χ0n) is 8.54. The molecule has 0 amide bonds. The Balaban J connectivity index is 2.54. The Morgan fingerprint density at radius 3 is 2.88 bits per heavy atom. The van der Waals surface area contributed by atoms with Crippen LogP contribution >= 0.6 is 11.8 Å². The minimum absolute atomic E-state index is 0.466. The summed E-state index contributed by atoms with van der Waals surface area (Å²) in [7, 11) is 0. The number of hydrogen-bond donors (Lipinski definition) is 0. The Morgan fingerprint density at radius 2 is 2.06 bits per heavy atom. The molecule has 0 radical (unpaired) electrons. The normalized spacial score (nSPS) is 11.3. The molecule has 0 bridgehead atoms. The molecular formula is C11H8N3OS-. The summed E-state index contributed by atoms with van der Waals surface area (Å²) >= 11 is 1.34. The minimum Gasteiger partial charge on any atom is -0.804 e. The van der Waals surface area contributed by atoms with Gasteiger partial charge in [0.05, 0.1) is 17.2 Å². The molecule has 3 aromatic rings. The molecule has 0 fully saturated rings. The van der Waals surface area contributed by atoms with E-state index in [4.69, 9.17) is 0 Å². The van der Waals surface area contributed by atoms with Gasteiger partial charge < -0.3 is 9.94 Å². The van der Waals surface area contributed by atoms with Crippen LogP contribution in [0.25, 0.3) is 21.9 Å². The maximum atomic E-state index is 12.0. The maximum absolute atomic E-state index is 12.0. The average Bonchev–Trinajstić information content (AvgIpc) is 2.66. The zero-order valence-corrected chi connectivity index (χ0v) is 9.36. The Kier molecular flexibility index (Phi) is 2.00. The van der Waals surface area contributed by atoms with Crippen LogP contribution in [-0.2, 0) is 0 Å². The molecule has 80 valence electrons. The Labute approximate surface area is 95.9 Å². The van der Waals surface area contributed by atoms with Crippen molar-refractivity contribution in [1.82, 2.24) is 14.7 Å². The van der Waals surface area contributed by atoms with E-state index in [0.717, 1.165) is 15.6 Å². The summed E-state index contributed by atoms with van der Waals surface area (Å²) in [5.74, 6) is 0. The molecule has 0 atom stereocenters. The van der Waals surface area contributed by atoms with Gasteiger partial charge in [0.25, 0.3) is 0 Å². The molecule has 0 saturated carbocycles. The summed E-state index contributed by atoms with van der Waals surface area (Å²) in [6.07, 6.45) is 3.48. The van der Waals surface area contributed by atoms with Crippen molar-refractivity contribution in [3.05, 3.63) is 35.7 Å². The van der Waals surface area contributed by atoms with Crippen LogP contribution in [0.3, 0.4) is 0 Å². The summed E-state index contributed by atoms with van der Waals surface area (Å²) in [5, 5.41) is 13.3. The topological polar surface area (TPSA) is 53.8 Å². The van der Waals surface area contributed by atoms with Crippen LogP contribution in [0.2, 0.25) is 0 Å². The van der Waals surface area contributed by atoms with Crippen molar-refractivity contribution >= 4 is 33.7 Å². The third-order valence-electron chi connectivity index (χ3n) is 2.50. The van der Waals surface area contributed by atoms with Gasteiger partial charge in [-0.05, 0) is 12.3 Å². The number of pyridine rings is 1. The second-order valence-corrected chi connectivity index (χ2v) is 4.18. The zero-order chi connectivity index (χ0) is 11.1. The van der Waals surface area contributed by atoms with Gasteiger partial charge in [0.15, 0.2) is 5.16 Å². The highest BCUT2D eigenvalue weighted by Crippen LogP contribution is 2.26. The van der Waals surface area contributed by atoms with E-state index < -0.39 is 0 Å². The number of nitrogens with zero attached hydrogens (tertiary/aromatic N) is 3. The minimum atomic E-state index is 0.466. The van der Waals surface area contributed by atoms with Gasteiger partial charge in [-0.1, -0.05) is 30.0 Å². The first-order chi connectivity index (χ1) is 7.81. The molecule has 2 heterocycles. The second-order valence-electron chi connectivity index (χ2n) is 3.40. The molecule has 5 heteroatoms. The van der Waals surface area contributed by atoms with E-state index in [-0.39, 0.29) is 0 Å². The molecule has 16 heavy (non-hydrogen) atoms. The van der Waals surface area contributed by atoms with Crippen LogP contribution in [0.1, 0.15) is 0 Å². The molecule has 0 aliphatic heterocycles. The van der Waals surface area contributed by atoms with Crippen LogP contribution in [0.4, 0.5) is 0 Å².